The van der Waals surface area contributed by atoms with E-state index in [0.29, 0.717) is 18.8 Å². The summed E-state index contributed by atoms with van der Waals surface area (Å²) in [6, 6.07) is 0. The fourth-order valence-electron chi connectivity index (χ4n) is 1.16. The van der Waals surface area contributed by atoms with E-state index in [9.17, 15) is 4.79 Å². The standard InChI is InChI=1S/C11H24N2O2S2/c1-11(2,3)15-10(14)13(7-9-17)6-4-12-5-8-16/h12,16-17H,4-9H2,1-3H3. The highest BCUT2D eigenvalue weighted by Crippen LogP contribution is 2.09. The molecular formula is C11H24N2O2S2. The van der Waals surface area contributed by atoms with E-state index in [4.69, 9.17) is 4.74 Å². The average molecular weight is 280 g/mol. The molecule has 0 fully saturated rings. The lowest BCUT2D eigenvalue weighted by atomic mass is 10.2. The number of carbonyl (C=O) groups excluding carboxylic acids is 1. The Labute approximate surface area is 115 Å². The van der Waals surface area contributed by atoms with Gasteiger partial charge in [0.1, 0.15) is 5.60 Å². The second-order valence-electron chi connectivity index (χ2n) is 4.66. The molecule has 102 valence electrons. The number of carbonyl (C=O) groups is 1. The first-order chi connectivity index (χ1) is 7.90. The Morgan fingerprint density at radius 3 is 2.29 bits per heavy atom. The normalized spacial score (nSPS) is 11.4. The Morgan fingerprint density at radius 2 is 1.82 bits per heavy atom. The van der Waals surface area contributed by atoms with Crippen LogP contribution in [0.3, 0.4) is 0 Å². The molecule has 0 heterocycles. The van der Waals surface area contributed by atoms with Crippen LogP contribution in [0, 0.1) is 0 Å². The van der Waals surface area contributed by atoms with Gasteiger partial charge >= 0.3 is 6.09 Å². The number of hydrogen-bond acceptors (Lipinski definition) is 5. The maximum atomic E-state index is 11.8. The summed E-state index contributed by atoms with van der Waals surface area (Å²) < 4.78 is 5.32. The maximum absolute atomic E-state index is 11.8. The first-order valence-corrected chi connectivity index (χ1v) is 7.07. The minimum atomic E-state index is -0.454. The lowest BCUT2D eigenvalue weighted by Crippen LogP contribution is -2.41. The number of rotatable bonds is 7. The van der Waals surface area contributed by atoms with E-state index in [1.165, 1.54) is 0 Å². The van der Waals surface area contributed by atoms with Gasteiger partial charge in [0.05, 0.1) is 0 Å². The topological polar surface area (TPSA) is 41.6 Å². The number of hydrogen-bond donors (Lipinski definition) is 3. The lowest BCUT2D eigenvalue weighted by Gasteiger charge is -2.27. The number of ether oxygens (including phenoxy) is 1. The molecule has 6 heteroatoms. The van der Waals surface area contributed by atoms with Crippen molar-refractivity contribution in [2.24, 2.45) is 0 Å². The fraction of sp³-hybridized carbons (Fsp3) is 0.909. The highest BCUT2D eigenvalue weighted by atomic mass is 32.1. The summed E-state index contributed by atoms with van der Waals surface area (Å²) in [4.78, 5) is 13.5. The molecule has 0 aliphatic rings. The largest absolute Gasteiger partial charge is 0.444 e. The zero-order chi connectivity index (χ0) is 13.3. The predicted molar refractivity (Wildman–Crippen MR) is 78.4 cm³/mol. The molecule has 1 N–H and O–H groups in total. The lowest BCUT2D eigenvalue weighted by molar-refractivity contribution is 0.0264. The van der Waals surface area contributed by atoms with Crippen LogP contribution in [0.5, 0.6) is 0 Å². The van der Waals surface area contributed by atoms with Crippen molar-refractivity contribution >= 4 is 31.4 Å². The summed E-state index contributed by atoms with van der Waals surface area (Å²) in [6.45, 7) is 8.40. The van der Waals surface area contributed by atoms with Gasteiger partial charge in [0.2, 0.25) is 0 Å². The fourth-order valence-corrected chi connectivity index (χ4v) is 1.56. The van der Waals surface area contributed by atoms with E-state index in [2.05, 4.69) is 30.6 Å². The monoisotopic (exact) mass is 280 g/mol. The molecule has 0 spiro atoms. The Balaban J connectivity index is 4.07. The van der Waals surface area contributed by atoms with Gasteiger partial charge < -0.3 is 15.0 Å². The summed E-state index contributed by atoms with van der Waals surface area (Å²) in [5, 5.41) is 3.19. The molecule has 0 aliphatic heterocycles. The second kappa shape index (κ2) is 8.94. The van der Waals surface area contributed by atoms with Gasteiger partial charge in [0, 0.05) is 37.7 Å². The first-order valence-electron chi connectivity index (χ1n) is 5.81. The molecule has 0 unspecified atom stereocenters. The molecule has 0 bridgehead atoms. The van der Waals surface area contributed by atoms with Gasteiger partial charge in [-0.1, -0.05) is 0 Å². The van der Waals surface area contributed by atoms with E-state index >= 15 is 0 Å². The van der Waals surface area contributed by atoms with E-state index in [0.717, 1.165) is 18.8 Å². The maximum Gasteiger partial charge on any atom is 0.410 e. The van der Waals surface area contributed by atoms with E-state index in [1.807, 2.05) is 20.8 Å². The van der Waals surface area contributed by atoms with Crippen molar-refractivity contribution in [2.45, 2.75) is 26.4 Å². The summed E-state index contributed by atoms with van der Waals surface area (Å²) in [5.74, 6) is 1.42. The van der Waals surface area contributed by atoms with Crippen LogP contribution in [0.25, 0.3) is 0 Å². The molecule has 4 nitrogen and oxygen atoms in total. The molecule has 0 aromatic heterocycles. The number of nitrogens with zero attached hydrogens (tertiary/aromatic N) is 1. The van der Waals surface area contributed by atoms with Gasteiger partial charge in [-0.3, -0.25) is 0 Å². The van der Waals surface area contributed by atoms with Gasteiger partial charge in [-0.25, -0.2) is 4.79 Å². The molecule has 0 aliphatic carbocycles. The molecule has 0 radical (unpaired) electrons. The second-order valence-corrected chi connectivity index (χ2v) is 5.56. The van der Waals surface area contributed by atoms with Crippen LogP contribution >= 0.6 is 25.3 Å². The van der Waals surface area contributed by atoms with Gasteiger partial charge in [-0.2, -0.15) is 25.3 Å². The van der Waals surface area contributed by atoms with Gasteiger partial charge in [-0.15, -0.1) is 0 Å². The van der Waals surface area contributed by atoms with Crippen molar-refractivity contribution in [1.82, 2.24) is 10.2 Å². The molecule has 0 atom stereocenters. The third-order valence-corrected chi connectivity index (χ3v) is 2.29. The Morgan fingerprint density at radius 1 is 1.18 bits per heavy atom. The summed E-state index contributed by atoms with van der Waals surface area (Å²) >= 11 is 8.25. The third kappa shape index (κ3) is 9.62. The van der Waals surface area contributed by atoms with E-state index < -0.39 is 5.60 Å². The zero-order valence-electron chi connectivity index (χ0n) is 10.9. The summed E-state index contributed by atoms with van der Waals surface area (Å²) in [7, 11) is 0. The third-order valence-electron chi connectivity index (χ3n) is 1.87. The van der Waals surface area contributed by atoms with E-state index in [1.54, 1.807) is 4.90 Å². The molecule has 0 aromatic rings. The zero-order valence-corrected chi connectivity index (χ0v) is 12.7. The molecule has 17 heavy (non-hydrogen) atoms. The van der Waals surface area contributed by atoms with Crippen molar-refractivity contribution in [2.75, 3.05) is 37.7 Å². The summed E-state index contributed by atoms with van der Waals surface area (Å²) in [6.07, 6.45) is -0.278. The minimum Gasteiger partial charge on any atom is -0.444 e. The predicted octanol–water partition coefficient (Wildman–Crippen LogP) is 1.67. The highest BCUT2D eigenvalue weighted by Gasteiger charge is 2.21. The van der Waals surface area contributed by atoms with Gasteiger partial charge in [0.15, 0.2) is 0 Å². The van der Waals surface area contributed by atoms with Crippen molar-refractivity contribution in [1.29, 1.82) is 0 Å². The smallest absolute Gasteiger partial charge is 0.410 e. The average Bonchev–Trinajstić information content (AvgIpc) is 2.20. The molecule has 0 saturated heterocycles. The number of thiol groups is 2. The van der Waals surface area contributed by atoms with Crippen molar-refractivity contribution < 1.29 is 9.53 Å². The van der Waals surface area contributed by atoms with Crippen LogP contribution in [0.2, 0.25) is 0 Å². The molecule has 0 saturated carbocycles. The molecule has 0 aromatic carbocycles. The van der Waals surface area contributed by atoms with Crippen LogP contribution in [-0.2, 0) is 4.74 Å². The van der Waals surface area contributed by atoms with Crippen LogP contribution < -0.4 is 5.32 Å². The summed E-state index contributed by atoms with van der Waals surface area (Å²) in [5.41, 5.74) is -0.454. The van der Waals surface area contributed by atoms with Gasteiger partial charge in [0.25, 0.3) is 0 Å². The number of nitrogens with one attached hydrogen (secondary N) is 1. The Hall–Kier alpha value is -0.0700. The highest BCUT2D eigenvalue weighted by molar-refractivity contribution is 7.80. The van der Waals surface area contributed by atoms with Crippen LogP contribution in [0.15, 0.2) is 0 Å². The van der Waals surface area contributed by atoms with Crippen molar-refractivity contribution in [3.8, 4) is 0 Å². The van der Waals surface area contributed by atoms with Gasteiger partial charge in [-0.05, 0) is 20.8 Å². The van der Waals surface area contributed by atoms with Crippen LogP contribution in [0.1, 0.15) is 20.8 Å². The first kappa shape index (κ1) is 16.9. The van der Waals surface area contributed by atoms with Crippen LogP contribution in [-0.4, -0.2) is 54.3 Å². The Kier molecular flexibility index (Phi) is 8.90. The molecule has 0 rings (SSSR count). The number of amides is 1. The van der Waals surface area contributed by atoms with Crippen molar-refractivity contribution in [3.05, 3.63) is 0 Å². The Bertz CT molecular complexity index is 220. The molecular weight excluding hydrogens is 256 g/mol. The van der Waals surface area contributed by atoms with E-state index in [-0.39, 0.29) is 6.09 Å². The minimum absolute atomic E-state index is 0.278. The van der Waals surface area contributed by atoms with Crippen LogP contribution in [0.4, 0.5) is 4.79 Å². The quantitative estimate of drug-likeness (QED) is 0.491. The van der Waals surface area contributed by atoms with Crippen molar-refractivity contribution in [3.63, 3.8) is 0 Å². The SMILES string of the molecule is CC(C)(C)OC(=O)N(CCS)CCNCCS. The molecule has 1 amide bonds.